The third-order valence-corrected chi connectivity index (χ3v) is 4.28. The summed E-state index contributed by atoms with van der Waals surface area (Å²) in [7, 11) is 0. The lowest BCUT2D eigenvalue weighted by Gasteiger charge is -2.36. The van der Waals surface area contributed by atoms with Crippen molar-refractivity contribution in [2.75, 3.05) is 19.7 Å². The van der Waals surface area contributed by atoms with Gasteiger partial charge in [0, 0.05) is 31.5 Å². The highest BCUT2D eigenvalue weighted by Gasteiger charge is 2.34. The molecular weight excluding hydrogens is 336 g/mol. The summed E-state index contributed by atoms with van der Waals surface area (Å²) in [6, 6.07) is -0.987. The first-order valence-corrected chi connectivity index (χ1v) is 9.28. The average Bonchev–Trinajstić information content (AvgIpc) is 2.51. The van der Waals surface area contributed by atoms with E-state index in [1.807, 2.05) is 41.5 Å². The van der Waals surface area contributed by atoms with E-state index in [0.717, 1.165) is 6.42 Å². The van der Waals surface area contributed by atoms with Gasteiger partial charge >= 0.3 is 5.97 Å². The molecule has 0 radical (unpaired) electrons. The molecule has 7 nitrogen and oxygen atoms in total. The van der Waals surface area contributed by atoms with Gasteiger partial charge in [-0.25, -0.2) is 4.79 Å². The molecule has 0 aromatic carbocycles. The molecule has 2 atom stereocenters. The summed E-state index contributed by atoms with van der Waals surface area (Å²) < 4.78 is 5.56. The van der Waals surface area contributed by atoms with Crippen LogP contribution in [0.15, 0.2) is 0 Å². The van der Waals surface area contributed by atoms with Crippen molar-refractivity contribution in [2.45, 2.75) is 72.4 Å². The summed E-state index contributed by atoms with van der Waals surface area (Å²) >= 11 is 0. The van der Waals surface area contributed by atoms with Gasteiger partial charge in [0.2, 0.25) is 11.8 Å². The molecule has 150 valence electrons. The van der Waals surface area contributed by atoms with Crippen LogP contribution in [0.2, 0.25) is 0 Å². The standard InChI is InChI=1S/C19H34N2O5/c1-18(2,3)17(25)21-10-7-8-13(12-21)15(22)20-14(16(23)24)9-11-26-19(4,5)6/h13-14H,7-12H2,1-6H3,(H,20,22)(H,23,24). The number of nitrogens with one attached hydrogen (secondary N) is 1. The lowest BCUT2D eigenvalue weighted by atomic mass is 9.90. The van der Waals surface area contributed by atoms with E-state index in [9.17, 15) is 19.5 Å². The van der Waals surface area contributed by atoms with Crippen LogP contribution < -0.4 is 5.32 Å². The van der Waals surface area contributed by atoms with E-state index in [1.54, 1.807) is 4.90 Å². The number of likely N-dealkylation sites (tertiary alicyclic amines) is 1. The molecule has 1 heterocycles. The molecule has 0 aromatic heterocycles. The number of aliphatic carboxylic acids is 1. The highest BCUT2D eigenvalue weighted by molar-refractivity contribution is 5.86. The summed E-state index contributed by atoms with van der Waals surface area (Å²) in [6.07, 6.45) is 1.60. The molecule has 26 heavy (non-hydrogen) atoms. The minimum atomic E-state index is -1.07. The topological polar surface area (TPSA) is 95.9 Å². The van der Waals surface area contributed by atoms with E-state index < -0.39 is 17.4 Å². The number of ether oxygens (including phenoxy) is 1. The van der Waals surface area contributed by atoms with Gasteiger partial charge in [-0.3, -0.25) is 9.59 Å². The highest BCUT2D eigenvalue weighted by atomic mass is 16.5. The van der Waals surface area contributed by atoms with Gasteiger partial charge in [0.1, 0.15) is 6.04 Å². The molecule has 2 unspecified atom stereocenters. The molecule has 0 bridgehead atoms. The quantitative estimate of drug-likeness (QED) is 0.746. The molecule has 0 spiro atoms. The Bertz CT molecular complexity index is 519. The van der Waals surface area contributed by atoms with Crippen LogP contribution in [0.5, 0.6) is 0 Å². The van der Waals surface area contributed by atoms with Crippen molar-refractivity contribution < 1.29 is 24.2 Å². The minimum absolute atomic E-state index is 0.0170. The maximum absolute atomic E-state index is 12.5. The number of carboxylic acid groups (broad SMARTS) is 1. The van der Waals surface area contributed by atoms with E-state index >= 15 is 0 Å². The molecule has 1 aliphatic heterocycles. The molecule has 0 saturated carbocycles. The van der Waals surface area contributed by atoms with Crippen LogP contribution in [0.4, 0.5) is 0 Å². The number of amides is 2. The number of rotatable bonds is 6. The first-order valence-electron chi connectivity index (χ1n) is 9.28. The summed E-state index contributed by atoms with van der Waals surface area (Å²) in [4.78, 5) is 38.1. The van der Waals surface area contributed by atoms with Crippen LogP contribution >= 0.6 is 0 Å². The molecule has 0 aliphatic carbocycles. The fourth-order valence-electron chi connectivity index (χ4n) is 2.88. The number of hydrogen-bond acceptors (Lipinski definition) is 4. The molecule has 1 fully saturated rings. The average molecular weight is 370 g/mol. The largest absolute Gasteiger partial charge is 0.480 e. The Labute approximate surface area is 156 Å². The van der Waals surface area contributed by atoms with E-state index in [2.05, 4.69) is 5.32 Å². The lowest BCUT2D eigenvalue weighted by molar-refractivity contribution is -0.146. The zero-order chi connectivity index (χ0) is 20.1. The molecule has 2 amide bonds. The zero-order valence-corrected chi connectivity index (χ0v) is 16.9. The van der Waals surface area contributed by atoms with Gasteiger partial charge in [0.15, 0.2) is 0 Å². The van der Waals surface area contributed by atoms with Crippen molar-refractivity contribution in [2.24, 2.45) is 11.3 Å². The first kappa shape index (κ1) is 22.4. The van der Waals surface area contributed by atoms with Crippen molar-refractivity contribution in [3.8, 4) is 0 Å². The van der Waals surface area contributed by atoms with Crippen molar-refractivity contribution >= 4 is 17.8 Å². The molecule has 0 aromatic rings. The van der Waals surface area contributed by atoms with Crippen LogP contribution in [0.3, 0.4) is 0 Å². The fourth-order valence-corrected chi connectivity index (χ4v) is 2.88. The number of hydrogen-bond donors (Lipinski definition) is 2. The maximum Gasteiger partial charge on any atom is 0.326 e. The minimum Gasteiger partial charge on any atom is -0.480 e. The fraction of sp³-hybridized carbons (Fsp3) is 0.842. The van der Waals surface area contributed by atoms with Crippen molar-refractivity contribution in [3.63, 3.8) is 0 Å². The van der Waals surface area contributed by atoms with Crippen LogP contribution in [-0.4, -0.2) is 59.1 Å². The van der Waals surface area contributed by atoms with Gasteiger partial charge in [0.25, 0.3) is 0 Å². The van der Waals surface area contributed by atoms with Crippen LogP contribution in [0.1, 0.15) is 60.8 Å². The number of nitrogens with zero attached hydrogens (tertiary/aromatic N) is 1. The summed E-state index contributed by atoms with van der Waals surface area (Å²) in [5.74, 6) is -1.74. The number of carboxylic acids is 1. The molecule has 1 rings (SSSR count). The van der Waals surface area contributed by atoms with Gasteiger partial charge in [-0.1, -0.05) is 20.8 Å². The number of carbonyl (C=O) groups is 3. The van der Waals surface area contributed by atoms with Gasteiger partial charge < -0.3 is 20.1 Å². The van der Waals surface area contributed by atoms with E-state index in [-0.39, 0.29) is 36.4 Å². The second kappa shape index (κ2) is 8.84. The first-order chi connectivity index (χ1) is 11.8. The Kier molecular flexibility index (Phi) is 7.62. The van der Waals surface area contributed by atoms with E-state index in [4.69, 9.17) is 4.74 Å². The molecule has 2 N–H and O–H groups in total. The normalized spacial score (nSPS) is 19.8. The van der Waals surface area contributed by atoms with E-state index in [1.165, 1.54) is 0 Å². The van der Waals surface area contributed by atoms with E-state index in [0.29, 0.717) is 19.5 Å². The van der Waals surface area contributed by atoms with Crippen LogP contribution in [0.25, 0.3) is 0 Å². The third-order valence-electron chi connectivity index (χ3n) is 4.28. The van der Waals surface area contributed by atoms with Crippen molar-refractivity contribution in [3.05, 3.63) is 0 Å². The smallest absolute Gasteiger partial charge is 0.326 e. The summed E-state index contributed by atoms with van der Waals surface area (Å²) in [5.41, 5.74) is -0.851. The Morgan fingerprint density at radius 2 is 1.81 bits per heavy atom. The van der Waals surface area contributed by atoms with Gasteiger partial charge in [-0.15, -0.1) is 0 Å². The Morgan fingerprint density at radius 1 is 1.19 bits per heavy atom. The molecule has 7 heteroatoms. The second-order valence-electron chi connectivity index (χ2n) is 8.99. The monoisotopic (exact) mass is 370 g/mol. The SMILES string of the molecule is CC(C)(C)OCCC(NC(=O)C1CCCN(C(=O)C(C)(C)C)C1)C(=O)O. The summed E-state index contributed by atoms with van der Waals surface area (Å²) in [6.45, 7) is 12.5. The predicted molar refractivity (Wildman–Crippen MR) is 98.6 cm³/mol. The predicted octanol–water partition coefficient (Wildman–Crippen LogP) is 2.05. The summed E-state index contributed by atoms with van der Waals surface area (Å²) in [5, 5.41) is 12.0. The number of piperidine rings is 1. The second-order valence-corrected chi connectivity index (χ2v) is 8.99. The van der Waals surface area contributed by atoms with Gasteiger partial charge in [-0.2, -0.15) is 0 Å². The van der Waals surface area contributed by atoms with Crippen LogP contribution in [-0.2, 0) is 19.1 Å². The Balaban J connectivity index is 2.63. The third kappa shape index (κ3) is 7.32. The lowest BCUT2D eigenvalue weighted by Crippen LogP contribution is -2.51. The maximum atomic E-state index is 12.5. The van der Waals surface area contributed by atoms with Gasteiger partial charge in [-0.05, 0) is 33.6 Å². The highest BCUT2D eigenvalue weighted by Crippen LogP contribution is 2.23. The van der Waals surface area contributed by atoms with Gasteiger partial charge in [0.05, 0.1) is 11.5 Å². The van der Waals surface area contributed by atoms with Crippen molar-refractivity contribution in [1.82, 2.24) is 10.2 Å². The van der Waals surface area contributed by atoms with Crippen LogP contribution in [0, 0.1) is 11.3 Å². The Morgan fingerprint density at radius 3 is 2.31 bits per heavy atom. The molecule has 1 saturated heterocycles. The Hall–Kier alpha value is -1.63. The molecule has 1 aliphatic rings. The zero-order valence-electron chi connectivity index (χ0n) is 16.9. The van der Waals surface area contributed by atoms with Crippen molar-refractivity contribution in [1.29, 1.82) is 0 Å². The number of carbonyl (C=O) groups excluding carboxylic acids is 2. The molecular formula is C19H34N2O5.